The number of anilines is 1. The van der Waals surface area contributed by atoms with Crippen LogP contribution in [0.4, 0.5) is 10.5 Å². The summed E-state index contributed by atoms with van der Waals surface area (Å²) in [5.41, 5.74) is 2.39. The molecule has 2 aromatic rings. The Hall–Kier alpha value is -3.44. The molecular formula is C29H35ClN4O4. The SMILES string of the molecule is Cc1c(OC2CCN(C(=O)c3ccc(N4CCN(C(=O)OC(C)(C)C)CC4)cc3)CC2)ccc(C#N)c1Cl. The molecule has 8 nitrogen and oxygen atoms in total. The molecule has 0 aliphatic carbocycles. The number of amides is 2. The average Bonchev–Trinajstić information content (AvgIpc) is 2.91. The molecule has 0 aromatic heterocycles. The first-order valence-corrected chi connectivity index (χ1v) is 13.4. The first kappa shape index (κ1) is 27.6. The van der Waals surface area contributed by atoms with Gasteiger partial charge in [0.25, 0.3) is 5.91 Å². The van der Waals surface area contributed by atoms with E-state index in [1.54, 1.807) is 17.0 Å². The summed E-state index contributed by atoms with van der Waals surface area (Å²) in [4.78, 5) is 31.3. The van der Waals surface area contributed by atoms with Crippen LogP contribution in [0.2, 0.25) is 5.02 Å². The molecule has 2 saturated heterocycles. The summed E-state index contributed by atoms with van der Waals surface area (Å²) in [6.07, 6.45) is 1.16. The molecule has 2 fully saturated rings. The lowest BCUT2D eigenvalue weighted by Gasteiger charge is -2.37. The molecular weight excluding hydrogens is 504 g/mol. The van der Waals surface area contributed by atoms with Gasteiger partial charge in [-0.15, -0.1) is 0 Å². The van der Waals surface area contributed by atoms with Crippen molar-refractivity contribution < 1.29 is 19.1 Å². The van der Waals surface area contributed by atoms with Crippen LogP contribution in [0.1, 0.15) is 55.1 Å². The minimum absolute atomic E-state index is 0.0107. The second kappa shape index (κ2) is 11.5. The Balaban J connectivity index is 1.27. The molecule has 0 saturated carbocycles. The van der Waals surface area contributed by atoms with Crippen LogP contribution in [-0.2, 0) is 4.74 Å². The summed E-state index contributed by atoms with van der Waals surface area (Å²) in [7, 11) is 0. The fourth-order valence-electron chi connectivity index (χ4n) is 4.71. The first-order chi connectivity index (χ1) is 18.1. The van der Waals surface area contributed by atoms with Gasteiger partial charge >= 0.3 is 6.09 Å². The molecule has 0 bridgehead atoms. The highest BCUT2D eigenvalue weighted by atomic mass is 35.5. The first-order valence-electron chi connectivity index (χ1n) is 13.0. The molecule has 2 heterocycles. The number of piperidine rings is 1. The second-order valence-corrected chi connectivity index (χ2v) is 11.2. The van der Waals surface area contributed by atoms with Gasteiger partial charge in [-0.05, 0) is 64.1 Å². The van der Waals surface area contributed by atoms with Crippen molar-refractivity contribution >= 4 is 29.3 Å². The van der Waals surface area contributed by atoms with Crippen LogP contribution >= 0.6 is 11.6 Å². The highest BCUT2D eigenvalue weighted by Crippen LogP contribution is 2.31. The van der Waals surface area contributed by atoms with E-state index in [1.165, 1.54) is 0 Å². The quantitative estimate of drug-likeness (QED) is 0.527. The summed E-state index contributed by atoms with van der Waals surface area (Å²) in [6, 6.07) is 13.3. The van der Waals surface area contributed by atoms with Crippen molar-refractivity contribution in [1.29, 1.82) is 5.26 Å². The Morgan fingerprint density at radius 2 is 1.58 bits per heavy atom. The zero-order valence-electron chi connectivity index (χ0n) is 22.5. The van der Waals surface area contributed by atoms with Crippen molar-refractivity contribution in [3.05, 3.63) is 58.1 Å². The topological polar surface area (TPSA) is 86.1 Å². The van der Waals surface area contributed by atoms with Crippen LogP contribution in [0.25, 0.3) is 0 Å². The fourth-order valence-corrected chi connectivity index (χ4v) is 4.91. The van der Waals surface area contributed by atoms with Crippen molar-refractivity contribution in [2.45, 2.75) is 52.2 Å². The summed E-state index contributed by atoms with van der Waals surface area (Å²) in [6.45, 7) is 11.3. The van der Waals surface area contributed by atoms with E-state index in [1.807, 2.05) is 56.9 Å². The number of carbonyl (C=O) groups excluding carboxylic acids is 2. The highest BCUT2D eigenvalue weighted by Gasteiger charge is 2.27. The smallest absolute Gasteiger partial charge is 0.410 e. The Bertz CT molecular complexity index is 1200. The van der Waals surface area contributed by atoms with E-state index in [0.29, 0.717) is 61.2 Å². The van der Waals surface area contributed by atoms with Gasteiger partial charge in [-0.1, -0.05) is 11.6 Å². The standard InChI is InChI=1S/C29H35ClN4O4/c1-20-25(10-7-22(19-31)26(20)30)37-24-11-13-33(14-12-24)27(35)21-5-8-23(9-6-21)32-15-17-34(18-16-32)28(36)38-29(2,3)4/h5-10,24H,11-18H2,1-4H3. The predicted octanol–water partition coefficient (Wildman–Crippen LogP) is 5.26. The molecule has 2 aliphatic rings. The van der Waals surface area contributed by atoms with E-state index in [0.717, 1.165) is 24.1 Å². The third kappa shape index (κ3) is 6.51. The summed E-state index contributed by atoms with van der Waals surface area (Å²) >= 11 is 6.27. The van der Waals surface area contributed by atoms with Crippen molar-refractivity contribution in [1.82, 2.24) is 9.80 Å². The van der Waals surface area contributed by atoms with E-state index in [4.69, 9.17) is 26.3 Å². The number of piperazine rings is 1. The van der Waals surface area contributed by atoms with Gasteiger partial charge in [0.05, 0.1) is 10.6 Å². The number of carbonyl (C=O) groups is 2. The molecule has 2 amide bonds. The van der Waals surface area contributed by atoms with Crippen molar-refractivity contribution in [3.8, 4) is 11.8 Å². The number of hydrogen-bond acceptors (Lipinski definition) is 6. The molecule has 38 heavy (non-hydrogen) atoms. The van der Waals surface area contributed by atoms with Gasteiger partial charge in [0.2, 0.25) is 0 Å². The monoisotopic (exact) mass is 538 g/mol. The second-order valence-electron chi connectivity index (χ2n) is 10.8. The van der Waals surface area contributed by atoms with E-state index >= 15 is 0 Å². The number of ether oxygens (including phenoxy) is 2. The number of hydrogen-bond donors (Lipinski definition) is 0. The van der Waals surface area contributed by atoms with Crippen LogP contribution in [-0.4, -0.2) is 72.8 Å². The largest absolute Gasteiger partial charge is 0.490 e. The molecule has 0 radical (unpaired) electrons. The van der Waals surface area contributed by atoms with Crippen molar-refractivity contribution in [2.24, 2.45) is 0 Å². The zero-order valence-corrected chi connectivity index (χ0v) is 23.3. The lowest BCUT2D eigenvalue weighted by molar-refractivity contribution is 0.0240. The highest BCUT2D eigenvalue weighted by molar-refractivity contribution is 6.32. The molecule has 202 valence electrons. The summed E-state index contributed by atoms with van der Waals surface area (Å²) < 4.78 is 11.6. The van der Waals surface area contributed by atoms with Crippen LogP contribution in [0.3, 0.4) is 0 Å². The maximum absolute atomic E-state index is 13.1. The van der Waals surface area contributed by atoms with Crippen LogP contribution < -0.4 is 9.64 Å². The predicted molar refractivity (Wildman–Crippen MR) is 147 cm³/mol. The third-order valence-electron chi connectivity index (χ3n) is 6.89. The molecule has 2 aromatic carbocycles. The number of benzene rings is 2. The maximum Gasteiger partial charge on any atom is 0.410 e. The number of likely N-dealkylation sites (tertiary alicyclic amines) is 1. The molecule has 0 N–H and O–H groups in total. The normalized spacial score (nSPS) is 16.7. The van der Waals surface area contributed by atoms with Gasteiger partial charge in [0.15, 0.2) is 0 Å². The number of halogens is 1. The average molecular weight is 539 g/mol. The van der Waals surface area contributed by atoms with Gasteiger partial charge < -0.3 is 24.2 Å². The van der Waals surface area contributed by atoms with Gasteiger partial charge in [0, 0.05) is 68.9 Å². The molecule has 0 spiro atoms. The molecule has 0 atom stereocenters. The summed E-state index contributed by atoms with van der Waals surface area (Å²) in [5.74, 6) is 0.698. The fraction of sp³-hybridized carbons (Fsp3) is 0.483. The molecule has 0 unspecified atom stereocenters. The molecule has 4 rings (SSSR count). The Labute approximate surface area is 229 Å². The van der Waals surface area contributed by atoms with E-state index in [-0.39, 0.29) is 18.1 Å². The van der Waals surface area contributed by atoms with Gasteiger partial charge in [-0.2, -0.15) is 5.26 Å². The lowest BCUT2D eigenvalue weighted by atomic mass is 10.1. The van der Waals surface area contributed by atoms with Gasteiger partial charge in [-0.25, -0.2) is 4.79 Å². The Morgan fingerprint density at radius 3 is 2.16 bits per heavy atom. The van der Waals surface area contributed by atoms with Crippen LogP contribution in [0.15, 0.2) is 36.4 Å². The van der Waals surface area contributed by atoms with Crippen LogP contribution in [0.5, 0.6) is 5.75 Å². The minimum atomic E-state index is -0.503. The zero-order chi connectivity index (χ0) is 27.4. The number of nitrogens with zero attached hydrogens (tertiary/aromatic N) is 4. The third-order valence-corrected chi connectivity index (χ3v) is 7.38. The molecule has 9 heteroatoms. The van der Waals surface area contributed by atoms with Crippen molar-refractivity contribution in [3.63, 3.8) is 0 Å². The Kier molecular flexibility index (Phi) is 8.37. The summed E-state index contributed by atoms with van der Waals surface area (Å²) in [5, 5.41) is 9.56. The number of rotatable bonds is 4. The van der Waals surface area contributed by atoms with E-state index in [2.05, 4.69) is 11.0 Å². The lowest BCUT2D eigenvalue weighted by Crippen LogP contribution is -2.50. The van der Waals surface area contributed by atoms with Crippen molar-refractivity contribution in [2.75, 3.05) is 44.2 Å². The Morgan fingerprint density at radius 1 is 0.947 bits per heavy atom. The number of nitriles is 1. The van der Waals surface area contributed by atoms with Gasteiger partial charge in [-0.3, -0.25) is 4.79 Å². The van der Waals surface area contributed by atoms with E-state index < -0.39 is 5.60 Å². The van der Waals surface area contributed by atoms with E-state index in [9.17, 15) is 9.59 Å². The minimum Gasteiger partial charge on any atom is -0.490 e. The molecule has 2 aliphatic heterocycles. The van der Waals surface area contributed by atoms with Gasteiger partial charge in [0.1, 0.15) is 23.5 Å². The maximum atomic E-state index is 13.1. The van der Waals surface area contributed by atoms with Crippen LogP contribution in [0, 0.1) is 18.3 Å².